The lowest BCUT2D eigenvalue weighted by Crippen LogP contribution is -2.12. The number of aromatic nitrogens is 4. The van der Waals surface area contributed by atoms with Gasteiger partial charge in [0, 0.05) is 34.4 Å². The molecular formula is C22H15F6N5O2. The standard InChI is InChI=1S/C22H15F6N5O2/c23-21(24,25)13-1-3-14(4-2-13)32-20-15-9-29-17(6-11(15)8-31-33-20)19-16(22(26,27)28)5-12(7-30-19)18(35)10-34/h1-9,18,34-35H,10H2,(H,32,33). The Labute approximate surface area is 193 Å². The molecule has 3 N–H and O–H groups in total. The second-order valence-corrected chi connectivity index (χ2v) is 7.41. The summed E-state index contributed by atoms with van der Waals surface area (Å²) < 4.78 is 79.4. The van der Waals surface area contributed by atoms with E-state index in [4.69, 9.17) is 5.11 Å². The molecule has 13 heteroatoms. The smallest absolute Gasteiger partial charge is 0.393 e. The summed E-state index contributed by atoms with van der Waals surface area (Å²) >= 11 is 0. The van der Waals surface area contributed by atoms with Crippen LogP contribution in [0, 0.1) is 0 Å². The molecule has 3 aromatic heterocycles. The summed E-state index contributed by atoms with van der Waals surface area (Å²) in [4.78, 5) is 7.88. The first-order chi connectivity index (χ1) is 16.5. The maximum absolute atomic E-state index is 13.7. The van der Waals surface area contributed by atoms with E-state index in [0.29, 0.717) is 16.8 Å². The van der Waals surface area contributed by atoms with Gasteiger partial charge in [0.2, 0.25) is 0 Å². The van der Waals surface area contributed by atoms with Gasteiger partial charge < -0.3 is 15.5 Å². The maximum atomic E-state index is 13.7. The normalized spacial score (nSPS) is 13.1. The van der Waals surface area contributed by atoms with Crippen molar-refractivity contribution in [1.29, 1.82) is 0 Å². The average Bonchev–Trinajstić information content (AvgIpc) is 2.82. The molecule has 35 heavy (non-hydrogen) atoms. The fourth-order valence-electron chi connectivity index (χ4n) is 3.27. The van der Waals surface area contributed by atoms with Crippen LogP contribution < -0.4 is 5.32 Å². The van der Waals surface area contributed by atoms with Crippen LogP contribution in [-0.2, 0) is 12.4 Å². The molecule has 0 fully saturated rings. The van der Waals surface area contributed by atoms with Gasteiger partial charge in [-0.05, 0) is 36.4 Å². The summed E-state index contributed by atoms with van der Waals surface area (Å²) in [7, 11) is 0. The van der Waals surface area contributed by atoms with Gasteiger partial charge in [-0.2, -0.15) is 31.4 Å². The Morgan fingerprint density at radius 2 is 1.60 bits per heavy atom. The first kappa shape index (κ1) is 24.3. The minimum atomic E-state index is -4.82. The second-order valence-electron chi connectivity index (χ2n) is 7.41. The van der Waals surface area contributed by atoms with Gasteiger partial charge in [-0.3, -0.25) is 9.97 Å². The number of halogens is 6. The number of pyridine rings is 2. The summed E-state index contributed by atoms with van der Waals surface area (Å²) in [5.74, 6) is 0.131. The zero-order valence-electron chi connectivity index (χ0n) is 17.4. The first-order valence-electron chi connectivity index (χ1n) is 9.89. The molecule has 7 nitrogen and oxygen atoms in total. The third-order valence-electron chi connectivity index (χ3n) is 5.04. The molecule has 0 saturated heterocycles. The van der Waals surface area contributed by atoms with Crippen LogP contribution >= 0.6 is 0 Å². The maximum Gasteiger partial charge on any atom is 0.418 e. The van der Waals surface area contributed by atoms with Crippen molar-refractivity contribution in [3.05, 3.63) is 71.7 Å². The van der Waals surface area contributed by atoms with E-state index in [1.54, 1.807) is 0 Å². The molecule has 0 spiro atoms. The van der Waals surface area contributed by atoms with Gasteiger partial charge in [-0.25, -0.2) is 0 Å². The fraction of sp³-hybridized carbons (Fsp3) is 0.182. The van der Waals surface area contributed by atoms with Crippen molar-refractivity contribution in [3.8, 4) is 11.4 Å². The van der Waals surface area contributed by atoms with Crippen LogP contribution in [0.3, 0.4) is 0 Å². The number of benzene rings is 1. The largest absolute Gasteiger partial charge is 0.418 e. The second kappa shape index (κ2) is 9.07. The number of anilines is 2. The van der Waals surface area contributed by atoms with Gasteiger partial charge in [0.15, 0.2) is 5.82 Å². The molecule has 0 aliphatic carbocycles. The van der Waals surface area contributed by atoms with Crippen molar-refractivity contribution < 1.29 is 36.6 Å². The molecular weight excluding hydrogens is 480 g/mol. The van der Waals surface area contributed by atoms with E-state index in [2.05, 4.69) is 25.5 Å². The lowest BCUT2D eigenvalue weighted by Gasteiger charge is -2.15. The van der Waals surface area contributed by atoms with Crippen LogP contribution in [-0.4, -0.2) is 37.0 Å². The number of fused-ring (bicyclic) bond motifs is 1. The van der Waals surface area contributed by atoms with Gasteiger partial charge in [0.05, 0.1) is 29.6 Å². The third-order valence-corrected chi connectivity index (χ3v) is 5.04. The summed E-state index contributed by atoms with van der Waals surface area (Å²) in [6.07, 6.45) is -7.30. The van der Waals surface area contributed by atoms with E-state index in [-0.39, 0.29) is 22.8 Å². The van der Waals surface area contributed by atoms with Crippen LogP contribution in [0.4, 0.5) is 37.8 Å². The molecule has 1 unspecified atom stereocenters. The zero-order valence-corrected chi connectivity index (χ0v) is 17.4. The van der Waals surface area contributed by atoms with E-state index in [1.165, 1.54) is 30.6 Å². The van der Waals surface area contributed by atoms with E-state index in [1.807, 2.05) is 0 Å². The van der Waals surface area contributed by atoms with E-state index in [9.17, 15) is 31.4 Å². The highest BCUT2D eigenvalue weighted by molar-refractivity contribution is 5.93. The van der Waals surface area contributed by atoms with Crippen molar-refractivity contribution in [1.82, 2.24) is 20.2 Å². The molecule has 0 bridgehead atoms. The highest BCUT2D eigenvalue weighted by Gasteiger charge is 2.36. The van der Waals surface area contributed by atoms with E-state index >= 15 is 0 Å². The van der Waals surface area contributed by atoms with Gasteiger partial charge >= 0.3 is 12.4 Å². The molecule has 1 aromatic carbocycles. The minimum Gasteiger partial charge on any atom is -0.393 e. The van der Waals surface area contributed by atoms with Crippen LogP contribution in [0.5, 0.6) is 0 Å². The summed E-state index contributed by atoms with van der Waals surface area (Å²) in [5.41, 5.74) is -2.55. The Morgan fingerprint density at radius 3 is 2.23 bits per heavy atom. The third kappa shape index (κ3) is 5.15. The van der Waals surface area contributed by atoms with Crippen molar-refractivity contribution in [3.63, 3.8) is 0 Å². The molecule has 0 saturated carbocycles. The molecule has 182 valence electrons. The number of nitrogens with zero attached hydrogens (tertiary/aromatic N) is 4. The molecule has 4 aromatic rings. The van der Waals surface area contributed by atoms with Gasteiger partial charge in [-0.1, -0.05) is 0 Å². The molecule has 0 aliphatic heterocycles. The average molecular weight is 495 g/mol. The lowest BCUT2D eigenvalue weighted by atomic mass is 10.0. The fourth-order valence-corrected chi connectivity index (χ4v) is 3.27. The van der Waals surface area contributed by atoms with Crippen LogP contribution in [0.1, 0.15) is 22.8 Å². The van der Waals surface area contributed by atoms with Gasteiger partial charge in [0.25, 0.3) is 0 Å². The van der Waals surface area contributed by atoms with Crippen molar-refractivity contribution in [2.75, 3.05) is 11.9 Å². The molecule has 0 radical (unpaired) electrons. The molecule has 0 amide bonds. The number of aliphatic hydroxyl groups excluding tert-OH is 2. The highest BCUT2D eigenvalue weighted by Crippen LogP contribution is 2.38. The number of rotatable bonds is 5. The number of hydrogen-bond acceptors (Lipinski definition) is 7. The van der Waals surface area contributed by atoms with Crippen molar-refractivity contribution in [2.45, 2.75) is 18.5 Å². The quantitative estimate of drug-likeness (QED) is 0.339. The Bertz CT molecular complexity index is 1360. The van der Waals surface area contributed by atoms with E-state index < -0.39 is 41.9 Å². The van der Waals surface area contributed by atoms with Gasteiger partial charge in [0.1, 0.15) is 11.8 Å². The molecule has 0 aliphatic rings. The van der Waals surface area contributed by atoms with Crippen LogP contribution in [0.2, 0.25) is 0 Å². The molecule has 3 heterocycles. The van der Waals surface area contributed by atoms with Crippen molar-refractivity contribution in [2.24, 2.45) is 0 Å². The predicted octanol–water partition coefficient (Wildman–Crippen LogP) is 4.89. The summed E-state index contributed by atoms with van der Waals surface area (Å²) in [5, 5.41) is 29.9. The highest BCUT2D eigenvalue weighted by atomic mass is 19.4. The molecule has 4 rings (SSSR count). The predicted molar refractivity (Wildman–Crippen MR) is 112 cm³/mol. The zero-order chi connectivity index (χ0) is 25.4. The summed E-state index contributed by atoms with van der Waals surface area (Å²) in [6, 6.07) is 6.18. The lowest BCUT2D eigenvalue weighted by molar-refractivity contribution is -0.138. The SMILES string of the molecule is OCC(O)c1cnc(-c2cc3cnnc(Nc4ccc(C(F)(F)F)cc4)c3cn2)c(C(F)(F)F)c1. The van der Waals surface area contributed by atoms with E-state index in [0.717, 1.165) is 18.3 Å². The number of aliphatic hydroxyl groups is 2. The number of alkyl halides is 6. The minimum absolute atomic E-state index is 0.131. The monoisotopic (exact) mass is 495 g/mol. The first-order valence-corrected chi connectivity index (χ1v) is 9.89. The van der Waals surface area contributed by atoms with Crippen LogP contribution in [0.15, 0.2) is 55.0 Å². The number of nitrogens with one attached hydrogen (secondary N) is 1. The Morgan fingerprint density at radius 1 is 0.886 bits per heavy atom. The topological polar surface area (TPSA) is 104 Å². The summed E-state index contributed by atoms with van der Waals surface area (Å²) in [6.45, 7) is -0.778. The Hall–Kier alpha value is -3.84. The van der Waals surface area contributed by atoms with Gasteiger partial charge in [-0.15, -0.1) is 5.10 Å². The van der Waals surface area contributed by atoms with Crippen LogP contribution in [0.25, 0.3) is 22.2 Å². The molecule has 1 atom stereocenters. The Kier molecular flexibility index (Phi) is 6.30. The Balaban J connectivity index is 1.72. The van der Waals surface area contributed by atoms with Crippen molar-refractivity contribution >= 4 is 22.3 Å². The number of hydrogen-bond donors (Lipinski definition) is 3.